The standard InChI is InChI=1S/C45H53Cl2N7O7/c1-45(2,3)61-44(59)54(24-30-15-16-37(55)49-30)23-29-14-13-28(21-36(29)60-5)40-39(47)32(17-19-48-40)31-7-6-8-34(38(31)46)51-42(56)41-50-33-18-20-53(25-35(33)52(41)4)22-26-9-11-27(12-10-26)43(57)58/h6-8,13-14,17,19,21,26-27,30H,9-12,15-16,18,20,22-25H2,1-5H3,(H,49,55)(H,51,56)(H,57,58)/t26-,27-,30-/m0/s1. The Kier molecular flexibility index (Phi) is 13.3. The van der Waals surface area contributed by atoms with Crippen LogP contribution < -0.4 is 15.4 Å². The van der Waals surface area contributed by atoms with Gasteiger partial charge in [0.15, 0.2) is 5.82 Å². The lowest BCUT2D eigenvalue weighted by molar-refractivity contribution is -0.143. The molecule has 16 heteroatoms. The number of hydrogen-bond donors (Lipinski definition) is 3. The summed E-state index contributed by atoms with van der Waals surface area (Å²) in [6.07, 6.45) is 6.18. The molecular weight excluding hydrogens is 821 g/mol. The lowest BCUT2D eigenvalue weighted by atomic mass is 9.81. The van der Waals surface area contributed by atoms with Gasteiger partial charge in [0.1, 0.15) is 11.4 Å². The summed E-state index contributed by atoms with van der Waals surface area (Å²) in [6.45, 7) is 8.29. The molecule has 61 heavy (non-hydrogen) atoms. The molecule has 1 aliphatic carbocycles. The molecule has 3 aliphatic rings. The molecule has 2 aromatic carbocycles. The van der Waals surface area contributed by atoms with Crippen LogP contribution in [0.5, 0.6) is 5.75 Å². The molecule has 2 aromatic heterocycles. The van der Waals surface area contributed by atoms with Crippen LogP contribution >= 0.6 is 23.2 Å². The number of carboxylic acids is 1. The summed E-state index contributed by atoms with van der Waals surface area (Å²) < 4.78 is 13.4. The van der Waals surface area contributed by atoms with E-state index in [4.69, 9.17) is 37.7 Å². The maximum absolute atomic E-state index is 13.8. The minimum absolute atomic E-state index is 0.0392. The number of halogens is 2. The summed E-state index contributed by atoms with van der Waals surface area (Å²) in [5, 5.41) is 15.9. The second-order valence-electron chi connectivity index (χ2n) is 17.3. The SMILES string of the molecule is COc1cc(-c2nccc(-c3cccc(NC(=O)c4nc5c(n4C)CN(C[C@H]4CC[C@H](C(=O)O)CC4)CC5)c3Cl)c2Cl)ccc1CN(C[C@@H]1CCC(=O)N1)C(=O)OC(C)(C)C. The summed E-state index contributed by atoms with van der Waals surface area (Å²) in [6, 6.07) is 12.5. The molecule has 2 fully saturated rings. The summed E-state index contributed by atoms with van der Waals surface area (Å²) in [5.74, 6) is -0.0918. The average molecular weight is 875 g/mol. The maximum Gasteiger partial charge on any atom is 0.410 e. The number of fused-ring (bicyclic) bond motifs is 1. The fourth-order valence-electron chi connectivity index (χ4n) is 8.56. The van der Waals surface area contributed by atoms with Crippen molar-refractivity contribution >= 4 is 52.8 Å². The molecule has 0 spiro atoms. The summed E-state index contributed by atoms with van der Waals surface area (Å²) in [5.41, 5.74) is 4.66. The monoisotopic (exact) mass is 873 g/mol. The number of methoxy groups -OCH3 is 1. The van der Waals surface area contributed by atoms with Crippen molar-refractivity contribution < 1.29 is 33.8 Å². The Balaban J connectivity index is 1.06. The lowest BCUT2D eigenvalue weighted by Crippen LogP contribution is -2.43. The third-order valence-electron chi connectivity index (χ3n) is 11.8. The van der Waals surface area contributed by atoms with Gasteiger partial charge in [-0.15, -0.1) is 0 Å². The fraction of sp³-hybridized carbons (Fsp3) is 0.467. The second kappa shape index (κ2) is 18.4. The molecule has 1 atom stereocenters. The molecule has 4 aromatic rings. The quantitative estimate of drug-likeness (QED) is 0.127. The molecule has 3 N–H and O–H groups in total. The number of rotatable bonds is 12. The van der Waals surface area contributed by atoms with Crippen LogP contribution in [0.25, 0.3) is 22.4 Å². The number of imidazole rings is 1. The maximum atomic E-state index is 13.8. The van der Waals surface area contributed by atoms with Gasteiger partial charge in [-0.25, -0.2) is 9.78 Å². The highest BCUT2D eigenvalue weighted by Crippen LogP contribution is 2.41. The van der Waals surface area contributed by atoms with Gasteiger partial charge in [-0.1, -0.05) is 47.5 Å². The molecule has 14 nitrogen and oxygen atoms in total. The highest BCUT2D eigenvalue weighted by molar-refractivity contribution is 6.39. The molecule has 4 heterocycles. The topological polar surface area (TPSA) is 168 Å². The van der Waals surface area contributed by atoms with Crippen LogP contribution in [-0.2, 0) is 40.9 Å². The number of carbonyl (C=O) groups excluding carboxylic acids is 3. The van der Waals surface area contributed by atoms with E-state index < -0.39 is 17.7 Å². The number of anilines is 1. The predicted octanol–water partition coefficient (Wildman–Crippen LogP) is 7.98. The number of aliphatic carboxylic acids is 1. The van der Waals surface area contributed by atoms with Gasteiger partial charge in [-0.3, -0.25) is 24.3 Å². The molecule has 3 amide bonds. The zero-order chi connectivity index (χ0) is 43.6. The molecule has 7 rings (SSSR count). The molecule has 2 aliphatic heterocycles. The Bertz CT molecular complexity index is 2320. The van der Waals surface area contributed by atoms with E-state index in [0.29, 0.717) is 69.2 Å². The number of benzene rings is 2. The molecule has 1 saturated heterocycles. The molecule has 1 saturated carbocycles. The van der Waals surface area contributed by atoms with Gasteiger partial charge in [0.05, 0.1) is 52.4 Å². The van der Waals surface area contributed by atoms with Crippen molar-refractivity contribution in [1.29, 1.82) is 0 Å². The zero-order valence-corrected chi connectivity index (χ0v) is 36.7. The summed E-state index contributed by atoms with van der Waals surface area (Å²) in [7, 11) is 3.41. The van der Waals surface area contributed by atoms with Gasteiger partial charge >= 0.3 is 12.1 Å². The van der Waals surface area contributed by atoms with E-state index in [1.54, 1.807) is 36.4 Å². The molecule has 324 valence electrons. The third-order valence-corrected chi connectivity index (χ3v) is 12.6. The fourth-order valence-corrected chi connectivity index (χ4v) is 9.16. The number of hydrogen-bond acceptors (Lipinski definition) is 9. The van der Waals surface area contributed by atoms with Crippen LogP contribution in [0.2, 0.25) is 10.0 Å². The van der Waals surface area contributed by atoms with Crippen LogP contribution in [0.15, 0.2) is 48.7 Å². The number of amides is 3. The van der Waals surface area contributed by atoms with Gasteiger partial charge in [0.25, 0.3) is 5.91 Å². The molecule has 0 radical (unpaired) electrons. The number of ether oxygens (including phenoxy) is 2. The highest BCUT2D eigenvalue weighted by atomic mass is 35.5. The van der Waals surface area contributed by atoms with Crippen molar-refractivity contribution in [3.63, 3.8) is 0 Å². The first-order valence-electron chi connectivity index (χ1n) is 20.8. The van der Waals surface area contributed by atoms with E-state index in [1.165, 1.54) is 0 Å². The first kappa shape index (κ1) is 43.9. The molecule has 0 bridgehead atoms. The summed E-state index contributed by atoms with van der Waals surface area (Å²) in [4.78, 5) is 63.8. The normalized spacial score (nSPS) is 19.2. The Morgan fingerprint density at radius 3 is 2.46 bits per heavy atom. The number of aromatic nitrogens is 3. The highest BCUT2D eigenvalue weighted by Gasteiger charge is 2.32. The second-order valence-corrected chi connectivity index (χ2v) is 18.0. The van der Waals surface area contributed by atoms with E-state index in [0.717, 1.165) is 62.1 Å². The van der Waals surface area contributed by atoms with Crippen molar-refractivity contribution in [2.45, 2.75) is 90.4 Å². The number of nitrogens with one attached hydrogen (secondary N) is 2. The van der Waals surface area contributed by atoms with Gasteiger partial charge in [-0.2, -0.15) is 0 Å². The smallest absolute Gasteiger partial charge is 0.410 e. The Labute approximate surface area is 365 Å². The van der Waals surface area contributed by atoms with Gasteiger partial charge in [-0.05, 0) is 77.0 Å². The molecular formula is C45H53Cl2N7O7. The van der Waals surface area contributed by atoms with E-state index in [9.17, 15) is 24.3 Å². The predicted molar refractivity (Wildman–Crippen MR) is 233 cm³/mol. The number of pyridine rings is 1. The van der Waals surface area contributed by atoms with E-state index in [1.807, 2.05) is 56.7 Å². The van der Waals surface area contributed by atoms with Crippen LogP contribution in [0.3, 0.4) is 0 Å². The Morgan fingerprint density at radius 1 is 1.02 bits per heavy atom. The van der Waals surface area contributed by atoms with Crippen LogP contribution in [0, 0.1) is 11.8 Å². The van der Waals surface area contributed by atoms with Crippen molar-refractivity contribution in [2.24, 2.45) is 18.9 Å². The third kappa shape index (κ3) is 10.1. The zero-order valence-electron chi connectivity index (χ0n) is 35.2. The summed E-state index contributed by atoms with van der Waals surface area (Å²) >= 11 is 14.1. The lowest BCUT2D eigenvalue weighted by Gasteiger charge is -2.33. The van der Waals surface area contributed by atoms with Crippen LogP contribution in [0.4, 0.5) is 10.5 Å². The first-order chi connectivity index (χ1) is 29.1. The van der Waals surface area contributed by atoms with Gasteiger partial charge in [0.2, 0.25) is 5.91 Å². The first-order valence-corrected chi connectivity index (χ1v) is 21.5. The largest absolute Gasteiger partial charge is 0.496 e. The number of carboxylic acid groups (broad SMARTS) is 1. The Hall–Kier alpha value is -5.18. The van der Waals surface area contributed by atoms with E-state index >= 15 is 0 Å². The van der Waals surface area contributed by atoms with Gasteiger partial charge in [0, 0.05) is 80.6 Å². The minimum Gasteiger partial charge on any atom is -0.496 e. The van der Waals surface area contributed by atoms with Crippen molar-refractivity contribution in [3.05, 3.63) is 81.5 Å². The van der Waals surface area contributed by atoms with Crippen LogP contribution in [0.1, 0.15) is 86.9 Å². The van der Waals surface area contributed by atoms with Crippen molar-refractivity contribution in [3.8, 4) is 28.1 Å². The minimum atomic E-state index is -0.709. The number of nitrogens with zero attached hydrogens (tertiary/aromatic N) is 5. The van der Waals surface area contributed by atoms with Crippen LogP contribution in [-0.4, -0.2) is 91.7 Å². The van der Waals surface area contributed by atoms with E-state index in [-0.39, 0.29) is 42.7 Å². The van der Waals surface area contributed by atoms with Gasteiger partial charge < -0.3 is 34.7 Å². The molecule has 0 unspecified atom stereocenters. The number of carbonyl (C=O) groups is 4. The average Bonchev–Trinajstić information content (AvgIpc) is 3.79. The van der Waals surface area contributed by atoms with Crippen molar-refractivity contribution in [2.75, 3.05) is 32.1 Å². The van der Waals surface area contributed by atoms with E-state index in [2.05, 4.69) is 20.5 Å². The Morgan fingerprint density at radius 2 is 1.77 bits per heavy atom. The van der Waals surface area contributed by atoms with Crippen molar-refractivity contribution in [1.82, 2.24) is 29.7 Å².